The monoisotopic (exact) mass is 318 g/mol. The molecule has 0 saturated heterocycles. The van der Waals surface area contributed by atoms with Crippen LogP contribution in [0.1, 0.15) is 40.5 Å². The van der Waals surface area contributed by atoms with Crippen LogP contribution in [0.25, 0.3) is 5.69 Å². The molecule has 3 aromatic rings. The number of anilines is 1. The first-order chi connectivity index (χ1) is 11.7. The molecule has 4 rings (SSSR count). The van der Waals surface area contributed by atoms with Gasteiger partial charge in [-0.1, -0.05) is 41.6 Å². The highest BCUT2D eigenvalue weighted by Gasteiger charge is 2.34. The second kappa shape index (κ2) is 5.92. The van der Waals surface area contributed by atoms with Crippen LogP contribution >= 0.6 is 0 Å². The third-order valence-corrected chi connectivity index (χ3v) is 4.28. The summed E-state index contributed by atoms with van der Waals surface area (Å²) in [6, 6.07) is 17.6. The molecule has 0 atom stereocenters. The van der Waals surface area contributed by atoms with Crippen LogP contribution in [0.4, 0.5) is 5.69 Å². The molecule has 24 heavy (non-hydrogen) atoms. The smallest absolute Gasteiger partial charge is 0.278 e. The number of carbonyl (C=O) groups excluding carboxylic acids is 1. The van der Waals surface area contributed by atoms with Gasteiger partial charge in [-0.2, -0.15) is 0 Å². The molecule has 1 fully saturated rings. The lowest BCUT2D eigenvalue weighted by molar-refractivity contribution is 0.102. The van der Waals surface area contributed by atoms with E-state index < -0.39 is 0 Å². The Balaban J connectivity index is 1.70. The molecular weight excluding hydrogens is 300 g/mol. The van der Waals surface area contributed by atoms with E-state index in [0.717, 1.165) is 35.5 Å². The van der Waals surface area contributed by atoms with Crippen LogP contribution in [0.15, 0.2) is 54.6 Å². The van der Waals surface area contributed by atoms with Crippen LogP contribution in [0.3, 0.4) is 0 Å². The number of hydrogen-bond acceptors (Lipinski definition) is 3. The normalized spacial score (nSPS) is 13.7. The summed E-state index contributed by atoms with van der Waals surface area (Å²) >= 11 is 0. The van der Waals surface area contributed by atoms with Crippen LogP contribution in [-0.2, 0) is 0 Å². The molecule has 120 valence electrons. The van der Waals surface area contributed by atoms with Crippen molar-refractivity contribution >= 4 is 11.6 Å². The average Bonchev–Trinajstić information content (AvgIpc) is 3.35. The highest BCUT2D eigenvalue weighted by molar-refractivity contribution is 6.04. The summed E-state index contributed by atoms with van der Waals surface area (Å²) in [6.07, 6.45) is 2.15. The lowest BCUT2D eigenvalue weighted by Crippen LogP contribution is -2.16. The molecule has 5 heteroatoms. The van der Waals surface area contributed by atoms with Gasteiger partial charge in [-0.15, -0.1) is 5.10 Å². The van der Waals surface area contributed by atoms with Crippen molar-refractivity contribution in [3.05, 3.63) is 71.5 Å². The number of amides is 1. The molecule has 0 spiro atoms. The Labute approximate surface area is 140 Å². The third kappa shape index (κ3) is 2.69. The van der Waals surface area contributed by atoms with E-state index in [-0.39, 0.29) is 5.91 Å². The minimum Gasteiger partial charge on any atom is -0.320 e. The molecule has 1 aromatic heterocycles. The first-order valence-electron chi connectivity index (χ1n) is 8.12. The minimum atomic E-state index is -0.201. The summed E-state index contributed by atoms with van der Waals surface area (Å²) in [4.78, 5) is 12.7. The molecular formula is C19H18N4O. The lowest BCUT2D eigenvalue weighted by atomic mass is 10.1. The highest BCUT2D eigenvalue weighted by atomic mass is 16.2. The Bertz CT molecular complexity index is 881. The van der Waals surface area contributed by atoms with Crippen LogP contribution in [-0.4, -0.2) is 20.9 Å². The van der Waals surface area contributed by atoms with Crippen LogP contribution in [0.5, 0.6) is 0 Å². The van der Waals surface area contributed by atoms with Crippen molar-refractivity contribution in [3.63, 3.8) is 0 Å². The van der Waals surface area contributed by atoms with Gasteiger partial charge in [0, 0.05) is 11.6 Å². The summed E-state index contributed by atoms with van der Waals surface area (Å²) in [5.74, 6) is 0.159. The molecule has 0 radical (unpaired) electrons. The quantitative estimate of drug-likeness (QED) is 0.798. The van der Waals surface area contributed by atoms with Crippen LogP contribution < -0.4 is 5.32 Å². The SMILES string of the molecule is Cc1ccccc1NC(=O)c1nnn(-c2ccccc2)c1C1CC1. The number of benzene rings is 2. The number of para-hydroxylation sites is 2. The fourth-order valence-electron chi connectivity index (χ4n) is 2.83. The maximum Gasteiger partial charge on any atom is 0.278 e. The molecule has 1 aliphatic rings. The Kier molecular flexibility index (Phi) is 3.61. The Morgan fingerprint density at radius 1 is 1.08 bits per heavy atom. The van der Waals surface area contributed by atoms with Crippen molar-refractivity contribution in [2.45, 2.75) is 25.7 Å². The zero-order chi connectivity index (χ0) is 16.5. The minimum absolute atomic E-state index is 0.201. The highest BCUT2D eigenvalue weighted by Crippen LogP contribution is 2.42. The van der Waals surface area contributed by atoms with E-state index in [1.54, 1.807) is 4.68 Å². The van der Waals surface area contributed by atoms with E-state index >= 15 is 0 Å². The molecule has 5 nitrogen and oxygen atoms in total. The van der Waals surface area contributed by atoms with Gasteiger partial charge >= 0.3 is 0 Å². The number of nitrogens with zero attached hydrogens (tertiary/aromatic N) is 3. The Morgan fingerprint density at radius 3 is 2.50 bits per heavy atom. The first-order valence-corrected chi connectivity index (χ1v) is 8.12. The third-order valence-electron chi connectivity index (χ3n) is 4.28. The first kappa shape index (κ1) is 14.6. The summed E-state index contributed by atoms with van der Waals surface area (Å²) in [5, 5.41) is 11.4. The number of hydrogen-bond donors (Lipinski definition) is 1. The van der Waals surface area contributed by atoms with E-state index in [1.165, 1.54) is 0 Å². The number of rotatable bonds is 4. The average molecular weight is 318 g/mol. The van der Waals surface area contributed by atoms with Gasteiger partial charge in [-0.05, 0) is 43.5 Å². The molecule has 0 bridgehead atoms. The second-order valence-electron chi connectivity index (χ2n) is 6.11. The number of aryl methyl sites for hydroxylation is 1. The maximum absolute atomic E-state index is 12.7. The fraction of sp³-hybridized carbons (Fsp3) is 0.211. The zero-order valence-corrected chi connectivity index (χ0v) is 13.4. The summed E-state index contributed by atoms with van der Waals surface area (Å²) in [7, 11) is 0. The van der Waals surface area contributed by atoms with E-state index in [0.29, 0.717) is 11.6 Å². The second-order valence-corrected chi connectivity index (χ2v) is 6.11. The van der Waals surface area contributed by atoms with Crippen molar-refractivity contribution in [3.8, 4) is 5.69 Å². The van der Waals surface area contributed by atoms with Crippen molar-refractivity contribution in [1.29, 1.82) is 0 Å². The number of aromatic nitrogens is 3. The van der Waals surface area contributed by atoms with Gasteiger partial charge in [0.2, 0.25) is 0 Å². The van der Waals surface area contributed by atoms with Gasteiger partial charge in [0.05, 0.1) is 11.4 Å². The van der Waals surface area contributed by atoms with Gasteiger partial charge in [-0.25, -0.2) is 4.68 Å². The molecule has 1 amide bonds. The molecule has 1 aliphatic carbocycles. The molecule has 0 unspecified atom stereocenters. The largest absolute Gasteiger partial charge is 0.320 e. The summed E-state index contributed by atoms with van der Waals surface area (Å²) in [6.45, 7) is 1.97. The van der Waals surface area contributed by atoms with E-state index in [9.17, 15) is 4.79 Å². The van der Waals surface area contributed by atoms with E-state index in [4.69, 9.17) is 0 Å². The maximum atomic E-state index is 12.7. The zero-order valence-electron chi connectivity index (χ0n) is 13.4. The van der Waals surface area contributed by atoms with E-state index in [2.05, 4.69) is 15.6 Å². The topological polar surface area (TPSA) is 59.8 Å². The molecule has 1 heterocycles. The van der Waals surface area contributed by atoms with Crippen molar-refractivity contribution in [2.24, 2.45) is 0 Å². The molecule has 0 aliphatic heterocycles. The summed E-state index contributed by atoms with van der Waals surface area (Å²) < 4.78 is 1.80. The standard InChI is InChI=1S/C19H18N4O/c1-13-7-5-6-10-16(13)20-19(24)17-18(14-11-12-14)23(22-21-17)15-8-3-2-4-9-15/h2-10,14H,11-12H2,1H3,(H,20,24). The van der Waals surface area contributed by atoms with Crippen molar-refractivity contribution in [1.82, 2.24) is 15.0 Å². The predicted molar refractivity (Wildman–Crippen MR) is 92.5 cm³/mol. The molecule has 1 N–H and O–H groups in total. The van der Waals surface area contributed by atoms with Gasteiger partial charge in [-0.3, -0.25) is 4.79 Å². The van der Waals surface area contributed by atoms with Gasteiger partial charge in [0.25, 0.3) is 5.91 Å². The Morgan fingerprint density at radius 2 is 1.79 bits per heavy atom. The number of carbonyl (C=O) groups is 1. The van der Waals surface area contributed by atoms with Gasteiger partial charge in [0.15, 0.2) is 5.69 Å². The Hall–Kier alpha value is -2.95. The summed E-state index contributed by atoms with van der Waals surface area (Å²) in [5.41, 5.74) is 4.09. The van der Waals surface area contributed by atoms with Crippen LogP contribution in [0, 0.1) is 6.92 Å². The molecule has 2 aromatic carbocycles. The van der Waals surface area contributed by atoms with Crippen molar-refractivity contribution < 1.29 is 4.79 Å². The lowest BCUT2D eigenvalue weighted by Gasteiger charge is -2.09. The predicted octanol–water partition coefficient (Wildman–Crippen LogP) is 3.71. The van der Waals surface area contributed by atoms with Gasteiger partial charge in [0.1, 0.15) is 0 Å². The fourth-order valence-corrected chi connectivity index (χ4v) is 2.83. The van der Waals surface area contributed by atoms with Crippen LogP contribution in [0.2, 0.25) is 0 Å². The number of nitrogens with one attached hydrogen (secondary N) is 1. The van der Waals surface area contributed by atoms with Gasteiger partial charge < -0.3 is 5.32 Å². The van der Waals surface area contributed by atoms with E-state index in [1.807, 2.05) is 61.5 Å². The molecule has 1 saturated carbocycles. The van der Waals surface area contributed by atoms with Crippen molar-refractivity contribution in [2.75, 3.05) is 5.32 Å².